The minimum absolute atomic E-state index is 0.0128. The molecule has 3 heterocycles. The van der Waals surface area contributed by atoms with Crippen molar-refractivity contribution in [1.82, 2.24) is 10.3 Å². The van der Waals surface area contributed by atoms with E-state index < -0.39 is 22.8 Å². The van der Waals surface area contributed by atoms with Crippen molar-refractivity contribution in [2.24, 2.45) is 0 Å². The molecule has 2 aliphatic rings. The Kier molecular flexibility index (Phi) is 5.31. The molecule has 0 spiro atoms. The first-order chi connectivity index (χ1) is 12.5. The number of ether oxygens (including phenoxy) is 2. The molecule has 26 heavy (non-hydrogen) atoms. The van der Waals surface area contributed by atoms with Crippen molar-refractivity contribution in [3.63, 3.8) is 0 Å². The Morgan fingerprint density at radius 1 is 1.50 bits per heavy atom. The van der Waals surface area contributed by atoms with Gasteiger partial charge in [0.25, 0.3) is 11.7 Å². The number of aromatic nitrogens is 1. The van der Waals surface area contributed by atoms with E-state index in [-0.39, 0.29) is 30.1 Å². The zero-order chi connectivity index (χ0) is 18.7. The average molecular weight is 364 g/mol. The number of anilines is 1. The predicted molar refractivity (Wildman–Crippen MR) is 89.9 cm³/mol. The summed E-state index contributed by atoms with van der Waals surface area (Å²) in [5.74, 6) is -1.01. The lowest BCUT2D eigenvalue weighted by atomic mass is 10.2. The van der Waals surface area contributed by atoms with E-state index in [4.69, 9.17) is 9.47 Å². The minimum atomic E-state index is -0.753. The highest BCUT2D eigenvalue weighted by Crippen LogP contribution is 2.34. The van der Waals surface area contributed by atoms with Crippen molar-refractivity contribution in [3.8, 4) is 5.75 Å². The van der Waals surface area contributed by atoms with Gasteiger partial charge < -0.3 is 24.9 Å². The molecule has 1 N–H and O–H groups in total. The van der Waals surface area contributed by atoms with Gasteiger partial charge in [-0.05, 0) is 35.2 Å². The van der Waals surface area contributed by atoms with Gasteiger partial charge in [0.15, 0.2) is 11.9 Å². The van der Waals surface area contributed by atoms with E-state index in [1.165, 1.54) is 12.1 Å². The van der Waals surface area contributed by atoms with Gasteiger partial charge in [0.05, 0.1) is 6.10 Å². The maximum absolute atomic E-state index is 12.6. The number of hydrogen-bond acceptors (Lipinski definition) is 7. The van der Waals surface area contributed by atoms with Crippen LogP contribution in [-0.4, -0.2) is 53.6 Å². The molecule has 3 rings (SSSR count). The van der Waals surface area contributed by atoms with Crippen LogP contribution in [0.3, 0.4) is 0 Å². The van der Waals surface area contributed by atoms with Gasteiger partial charge in [0, 0.05) is 19.2 Å². The van der Waals surface area contributed by atoms with Gasteiger partial charge in [-0.1, -0.05) is 6.92 Å². The number of pyridine rings is 1. The summed E-state index contributed by atoms with van der Waals surface area (Å²) in [4.78, 5) is 40.2. The van der Waals surface area contributed by atoms with Crippen LogP contribution in [0.4, 0.5) is 11.6 Å². The maximum Gasteiger partial charge on any atom is 0.366 e. The van der Waals surface area contributed by atoms with Crippen LogP contribution < -0.4 is 15.0 Å². The molecule has 2 atom stereocenters. The molecule has 0 bridgehead atoms. The topological polar surface area (TPSA) is 124 Å². The number of carbonyl (C=O) groups excluding carboxylic acids is 2. The third kappa shape index (κ3) is 3.74. The summed E-state index contributed by atoms with van der Waals surface area (Å²) >= 11 is 0. The van der Waals surface area contributed by atoms with E-state index in [1.54, 1.807) is 6.92 Å². The maximum atomic E-state index is 12.6. The van der Waals surface area contributed by atoms with Gasteiger partial charge in [-0.25, -0.2) is 0 Å². The zero-order valence-electron chi connectivity index (χ0n) is 14.3. The fourth-order valence-electron chi connectivity index (χ4n) is 2.94. The van der Waals surface area contributed by atoms with Crippen LogP contribution in [0, 0.1) is 10.1 Å². The van der Waals surface area contributed by atoms with Crippen LogP contribution in [-0.2, 0) is 14.3 Å². The van der Waals surface area contributed by atoms with Gasteiger partial charge in [-0.3, -0.25) is 14.5 Å². The monoisotopic (exact) mass is 364 g/mol. The molecule has 0 aromatic carbocycles. The van der Waals surface area contributed by atoms with E-state index in [1.807, 2.05) is 0 Å². The molecule has 0 radical (unpaired) electrons. The predicted octanol–water partition coefficient (Wildman–Crippen LogP) is 0.789. The summed E-state index contributed by atoms with van der Waals surface area (Å²) < 4.78 is 11.0. The summed E-state index contributed by atoms with van der Waals surface area (Å²) in [6.07, 6.45) is 1.47. The van der Waals surface area contributed by atoms with E-state index in [0.29, 0.717) is 19.6 Å². The van der Waals surface area contributed by atoms with Crippen molar-refractivity contribution in [3.05, 3.63) is 22.2 Å². The molecule has 1 saturated heterocycles. The van der Waals surface area contributed by atoms with E-state index in [2.05, 4.69) is 10.3 Å². The first-order valence-electron chi connectivity index (χ1n) is 8.51. The van der Waals surface area contributed by atoms with Gasteiger partial charge in [-0.2, -0.15) is 0 Å². The Bertz CT molecular complexity index is 719. The molecule has 10 heteroatoms. The SMILES string of the molecule is CCC1Oc2ccc([N+](=O)[O-])nc2N(CC(=O)NCC2CCCO2)C1=O. The van der Waals surface area contributed by atoms with Gasteiger partial charge >= 0.3 is 5.82 Å². The number of nitro groups is 1. The van der Waals surface area contributed by atoms with E-state index >= 15 is 0 Å². The second-order valence-corrected chi connectivity index (χ2v) is 6.13. The number of nitrogens with one attached hydrogen (secondary N) is 1. The molecule has 1 aromatic rings. The molecule has 1 aromatic heterocycles. The fraction of sp³-hybridized carbons (Fsp3) is 0.562. The van der Waals surface area contributed by atoms with Crippen molar-refractivity contribution < 1.29 is 24.0 Å². The molecule has 0 aliphatic carbocycles. The summed E-state index contributed by atoms with van der Waals surface area (Å²) in [5.41, 5.74) is 0. The van der Waals surface area contributed by atoms with Crippen molar-refractivity contribution in [2.45, 2.75) is 38.4 Å². The van der Waals surface area contributed by atoms with Crippen LogP contribution in [0.15, 0.2) is 12.1 Å². The molecule has 140 valence electrons. The molecule has 0 saturated carbocycles. The Morgan fingerprint density at radius 2 is 2.31 bits per heavy atom. The highest BCUT2D eigenvalue weighted by Gasteiger charge is 2.39. The third-order valence-corrected chi connectivity index (χ3v) is 4.30. The second-order valence-electron chi connectivity index (χ2n) is 6.13. The van der Waals surface area contributed by atoms with Crippen LogP contribution in [0.1, 0.15) is 26.2 Å². The van der Waals surface area contributed by atoms with Crippen LogP contribution in [0.5, 0.6) is 5.75 Å². The molecular formula is C16H20N4O6. The van der Waals surface area contributed by atoms with Gasteiger partial charge in [-0.15, -0.1) is 0 Å². The fourth-order valence-corrected chi connectivity index (χ4v) is 2.94. The van der Waals surface area contributed by atoms with Crippen LogP contribution in [0.25, 0.3) is 0 Å². The number of hydrogen-bond donors (Lipinski definition) is 1. The standard InChI is InChI=1S/C16H20N4O6/c1-2-11-16(22)19(9-14(21)17-8-10-4-3-7-25-10)15-12(26-11)5-6-13(18-15)20(23)24/h5-6,10-11H,2-4,7-9H2,1H3,(H,17,21). The lowest BCUT2D eigenvalue weighted by molar-refractivity contribution is -0.389. The molecule has 2 unspecified atom stereocenters. The number of amides is 2. The quantitative estimate of drug-likeness (QED) is 0.584. The zero-order valence-corrected chi connectivity index (χ0v) is 14.3. The third-order valence-electron chi connectivity index (χ3n) is 4.30. The lowest BCUT2D eigenvalue weighted by Crippen LogP contribution is -2.50. The summed E-state index contributed by atoms with van der Waals surface area (Å²) in [6, 6.07) is 2.60. The van der Waals surface area contributed by atoms with Crippen LogP contribution >= 0.6 is 0 Å². The van der Waals surface area contributed by atoms with Crippen molar-refractivity contribution in [1.29, 1.82) is 0 Å². The van der Waals surface area contributed by atoms with Crippen molar-refractivity contribution >= 4 is 23.5 Å². The summed E-state index contributed by atoms with van der Waals surface area (Å²) in [6.45, 7) is 2.54. The first kappa shape index (κ1) is 18.1. The number of rotatable bonds is 6. The number of nitrogens with zero attached hydrogens (tertiary/aromatic N) is 3. The highest BCUT2D eigenvalue weighted by molar-refractivity contribution is 6.03. The Balaban J connectivity index is 1.77. The van der Waals surface area contributed by atoms with Gasteiger partial charge in [0.1, 0.15) is 6.54 Å². The Morgan fingerprint density at radius 3 is 2.96 bits per heavy atom. The molecular weight excluding hydrogens is 344 g/mol. The summed E-state index contributed by atoms with van der Waals surface area (Å²) in [5, 5.41) is 13.7. The molecule has 1 fully saturated rings. The normalized spacial score (nSPS) is 21.9. The highest BCUT2D eigenvalue weighted by atomic mass is 16.6. The smallest absolute Gasteiger partial charge is 0.366 e. The van der Waals surface area contributed by atoms with E-state index in [9.17, 15) is 19.7 Å². The first-order valence-corrected chi connectivity index (χ1v) is 8.51. The molecule has 10 nitrogen and oxygen atoms in total. The average Bonchev–Trinajstić information content (AvgIpc) is 3.15. The number of fused-ring (bicyclic) bond motifs is 1. The Labute approximate surface area is 149 Å². The summed E-state index contributed by atoms with van der Waals surface area (Å²) in [7, 11) is 0. The minimum Gasteiger partial charge on any atom is -0.474 e. The molecule has 2 aliphatic heterocycles. The van der Waals surface area contributed by atoms with Gasteiger partial charge in [0.2, 0.25) is 5.91 Å². The second kappa shape index (κ2) is 7.65. The number of carbonyl (C=O) groups is 2. The van der Waals surface area contributed by atoms with E-state index in [0.717, 1.165) is 17.7 Å². The van der Waals surface area contributed by atoms with Crippen LogP contribution in [0.2, 0.25) is 0 Å². The largest absolute Gasteiger partial charge is 0.474 e. The Hall–Kier alpha value is -2.75. The lowest BCUT2D eigenvalue weighted by Gasteiger charge is -2.30. The van der Waals surface area contributed by atoms with Crippen molar-refractivity contribution in [2.75, 3.05) is 24.6 Å². The molecule has 2 amide bonds.